The molecular formula is C17H23F2NO3S. The van der Waals surface area contributed by atoms with Gasteiger partial charge in [0, 0.05) is 17.4 Å². The van der Waals surface area contributed by atoms with E-state index in [1.165, 1.54) is 6.07 Å². The molecule has 7 heteroatoms. The number of thioether (sulfide) groups is 1. The minimum absolute atomic E-state index is 0.0937. The minimum atomic E-state index is -0.853. The summed E-state index contributed by atoms with van der Waals surface area (Å²) in [6, 6.07) is 1.92. The number of esters is 1. The quantitative estimate of drug-likeness (QED) is 0.553. The normalized spacial score (nSPS) is 12.1. The highest BCUT2D eigenvalue weighted by Crippen LogP contribution is 2.32. The number of rotatable bonds is 8. The average molecular weight is 359 g/mol. The van der Waals surface area contributed by atoms with Crippen LogP contribution in [0.25, 0.3) is 0 Å². The van der Waals surface area contributed by atoms with Crippen molar-refractivity contribution in [1.29, 1.82) is 0 Å². The van der Waals surface area contributed by atoms with E-state index in [1.54, 1.807) is 13.8 Å². The summed E-state index contributed by atoms with van der Waals surface area (Å²) in [4.78, 5) is 23.6. The fraction of sp³-hybridized carbons (Fsp3) is 0.529. The second-order valence-electron chi connectivity index (χ2n) is 5.70. The molecule has 0 heterocycles. The first-order chi connectivity index (χ1) is 11.3. The molecule has 1 N–H and O–H groups in total. The van der Waals surface area contributed by atoms with Gasteiger partial charge in [0.05, 0.1) is 12.3 Å². The van der Waals surface area contributed by atoms with Crippen LogP contribution in [0.2, 0.25) is 0 Å². The molecular weight excluding hydrogens is 336 g/mol. The predicted octanol–water partition coefficient (Wildman–Crippen LogP) is 4.38. The smallest absolute Gasteiger partial charge is 0.319 e. The Hall–Kier alpha value is -1.63. The van der Waals surface area contributed by atoms with Crippen LogP contribution in [0.15, 0.2) is 17.0 Å². The van der Waals surface area contributed by atoms with Gasteiger partial charge in [-0.05, 0) is 18.4 Å². The van der Waals surface area contributed by atoms with Crippen LogP contribution in [0, 0.1) is 17.6 Å². The molecule has 0 aliphatic carbocycles. The number of carbonyl (C=O) groups excluding carboxylic acids is 2. The lowest BCUT2D eigenvalue weighted by Crippen LogP contribution is -2.21. The van der Waals surface area contributed by atoms with E-state index >= 15 is 0 Å². The lowest BCUT2D eigenvalue weighted by atomic mass is 10.2. The molecule has 1 aromatic rings. The molecule has 134 valence electrons. The van der Waals surface area contributed by atoms with Crippen LogP contribution in [0.4, 0.5) is 14.5 Å². The van der Waals surface area contributed by atoms with Crippen LogP contribution in [0.1, 0.15) is 40.5 Å². The summed E-state index contributed by atoms with van der Waals surface area (Å²) < 4.78 is 32.9. The SMILES string of the molecule is CCC(=O)Nc1cc(SC(CC)C(=O)OCC(C)C)c(F)cc1F. The van der Waals surface area contributed by atoms with Crippen molar-refractivity contribution in [1.82, 2.24) is 0 Å². The molecule has 0 spiro atoms. The van der Waals surface area contributed by atoms with Crippen LogP contribution >= 0.6 is 11.8 Å². The number of benzene rings is 1. The number of nitrogens with one attached hydrogen (secondary N) is 1. The third-order valence-corrected chi connectivity index (χ3v) is 4.46. The molecule has 1 aromatic carbocycles. The van der Waals surface area contributed by atoms with Gasteiger partial charge in [-0.1, -0.05) is 27.7 Å². The van der Waals surface area contributed by atoms with Crippen LogP contribution in [0.3, 0.4) is 0 Å². The van der Waals surface area contributed by atoms with Gasteiger partial charge in [0.25, 0.3) is 0 Å². The summed E-state index contributed by atoms with van der Waals surface area (Å²) >= 11 is 0.965. The fourth-order valence-electron chi connectivity index (χ4n) is 1.75. The van der Waals surface area contributed by atoms with Gasteiger partial charge >= 0.3 is 5.97 Å². The van der Waals surface area contributed by atoms with Crippen LogP contribution in [-0.4, -0.2) is 23.7 Å². The third kappa shape index (κ3) is 6.11. The van der Waals surface area contributed by atoms with Gasteiger partial charge in [0.1, 0.15) is 16.9 Å². The average Bonchev–Trinajstić information content (AvgIpc) is 2.53. The molecule has 0 aromatic heterocycles. The summed E-state index contributed by atoms with van der Waals surface area (Å²) in [6.07, 6.45) is 0.619. The number of carbonyl (C=O) groups is 2. The Kier molecular flexibility index (Phi) is 8.18. The number of amides is 1. The molecule has 1 atom stereocenters. The minimum Gasteiger partial charge on any atom is -0.465 e. The molecule has 1 rings (SSSR count). The van der Waals surface area contributed by atoms with Crippen molar-refractivity contribution in [3.05, 3.63) is 23.8 Å². The summed E-state index contributed by atoms with van der Waals surface area (Å²) in [5.74, 6) is -2.23. The molecule has 0 aliphatic rings. The first-order valence-corrected chi connectivity index (χ1v) is 8.78. The molecule has 0 bridgehead atoms. The van der Waals surface area contributed by atoms with E-state index in [0.29, 0.717) is 19.1 Å². The first kappa shape index (κ1) is 20.4. The molecule has 24 heavy (non-hydrogen) atoms. The Labute approximate surface area is 145 Å². The van der Waals surface area contributed by atoms with E-state index in [0.717, 1.165) is 11.8 Å². The van der Waals surface area contributed by atoms with Crippen LogP contribution in [-0.2, 0) is 14.3 Å². The van der Waals surface area contributed by atoms with Crippen molar-refractivity contribution >= 4 is 29.3 Å². The van der Waals surface area contributed by atoms with Crippen molar-refractivity contribution < 1.29 is 23.1 Å². The predicted molar refractivity (Wildman–Crippen MR) is 91.0 cm³/mol. The summed E-state index contributed by atoms with van der Waals surface area (Å²) in [7, 11) is 0. The van der Waals surface area contributed by atoms with Gasteiger partial charge in [-0.2, -0.15) is 0 Å². The zero-order valence-electron chi connectivity index (χ0n) is 14.3. The molecule has 0 aliphatic heterocycles. The number of halogens is 2. The maximum atomic E-state index is 14.0. The Morgan fingerprint density at radius 2 is 1.88 bits per heavy atom. The van der Waals surface area contributed by atoms with Crippen molar-refractivity contribution in [3.63, 3.8) is 0 Å². The van der Waals surface area contributed by atoms with Crippen molar-refractivity contribution in [2.75, 3.05) is 11.9 Å². The third-order valence-electron chi connectivity index (χ3n) is 3.08. The van der Waals surface area contributed by atoms with Gasteiger partial charge in [-0.15, -0.1) is 11.8 Å². The monoisotopic (exact) mass is 359 g/mol. The van der Waals surface area contributed by atoms with E-state index in [1.807, 2.05) is 13.8 Å². The van der Waals surface area contributed by atoms with E-state index in [9.17, 15) is 18.4 Å². The van der Waals surface area contributed by atoms with Gasteiger partial charge in [0.2, 0.25) is 5.91 Å². The number of anilines is 1. The topological polar surface area (TPSA) is 55.4 Å². The molecule has 1 unspecified atom stereocenters. The van der Waals surface area contributed by atoms with E-state index in [2.05, 4.69) is 5.32 Å². The molecule has 1 amide bonds. The summed E-state index contributed by atoms with van der Waals surface area (Å²) in [6.45, 7) is 7.55. The van der Waals surface area contributed by atoms with Gasteiger partial charge < -0.3 is 10.1 Å². The Bertz CT molecular complexity index is 593. The number of hydrogen-bond donors (Lipinski definition) is 1. The van der Waals surface area contributed by atoms with Gasteiger partial charge in [-0.25, -0.2) is 8.78 Å². The second-order valence-corrected chi connectivity index (χ2v) is 6.95. The van der Waals surface area contributed by atoms with Gasteiger partial charge in [-0.3, -0.25) is 9.59 Å². The number of ether oxygens (including phenoxy) is 1. The fourth-order valence-corrected chi connectivity index (χ4v) is 2.74. The van der Waals surface area contributed by atoms with E-state index in [4.69, 9.17) is 4.74 Å². The molecule has 0 saturated heterocycles. The lowest BCUT2D eigenvalue weighted by molar-refractivity contribution is -0.144. The maximum Gasteiger partial charge on any atom is 0.319 e. The summed E-state index contributed by atoms with van der Waals surface area (Å²) in [5, 5.41) is 1.78. The molecule has 0 radical (unpaired) electrons. The van der Waals surface area contributed by atoms with Crippen LogP contribution in [0.5, 0.6) is 0 Å². The Morgan fingerprint density at radius 1 is 1.21 bits per heavy atom. The first-order valence-electron chi connectivity index (χ1n) is 7.90. The zero-order valence-corrected chi connectivity index (χ0v) is 15.1. The molecule has 0 saturated carbocycles. The largest absolute Gasteiger partial charge is 0.465 e. The van der Waals surface area contributed by atoms with E-state index in [-0.39, 0.29) is 28.8 Å². The highest BCUT2D eigenvalue weighted by Gasteiger charge is 2.23. The zero-order chi connectivity index (χ0) is 18.3. The van der Waals surface area contributed by atoms with E-state index < -0.39 is 22.9 Å². The van der Waals surface area contributed by atoms with Crippen molar-refractivity contribution in [2.45, 2.75) is 50.7 Å². The molecule has 4 nitrogen and oxygen atoms in total. The lowest BCUT2D eigenvalue weighted by Gasteiger charge is -2.16. The molecule has 0 fully saturated rings. The number of hydrogen-bond acceptors (Lipinski definition) is 4. The highest BCUT2D eigenvalue weighted by atomic mass is 32.2. The Balaban J connectivity index is 2.93. The van der Waals surface area contributed by atoms with Crippen LogP contribution < -0.4 is 5.32 Å². The maximum absolute atomic E-state index is 14.0. The summed E-state index contributed by atoms with van der Waals surface area (Å²) in [5.41, 5.74) is -0.101. The Morgan fingerprint density at radius 3 is 2.42 bits per heavy atom. The van der Waals surface area contributed by atoms with Crippen molar-refractivity contribution in [3.8, 4) is 0 Å². The standard InChI is InChI=1S/C17H23F2NO3S/c1-5-14(17(22)23-9-10(3)4)24-15-8-13(20-16(21)6-2)11(18)7-12(15)19/h7-8,10,14H,5-6,9H2,1-4H3,(H,20,21). The van der Waals surface area contributed by atoms with Gasteiger partial charge in [0.15, 0.2) is 0 Å². The van der Waals surface area contributed by atoms with Crippen molar-refractivity contribution in [2.24, 2.45) is 5.92 Å². The highest BCUT2D eigenvalue weighted by molar-refractivity contribution is 8.00. The second kappa shape index (κ2) is 9.61.